The highest BCUT2D eigenvalue weighted by atomic mass is 16.1. The largest absolute Gasteiger partial charge is 0.303 e. The average Bonchev–Trinajstić information content (AvgIpc) is 2.17. The normalized spacial score (nSPS) is 21.5. The lowest BCUT2D eigenvalue weighted by Crippen LogP contribution is -2.11. The first-order chi connectivity index (χ1) is 5.92. The van der Waals surface area contributed by atoms with Crippen LogP contribution in [0.4, 0.5) is 0 Å². The summed E-state index contributed by atoms with van der Waals surface area (Å²) in [7, 11) is 0. The number of fused-ring (bicyclic) bond motifs is 1. The van der Waals surface area contributed by atoms with Crippen molar-refractivity contribution >= 4 is 6.29 Å². The third kappa shape index (κ3) is 1.13. The Balaban J connectivity index is 2.43. The van der Waals surface area contributed by atoms with Crippen molar-refractivity contribution in [2.24, 2.45) is 0 Å². The van der Waals surface area contributed by atoms with Gasteiger partial charge in [-0.1, -0.05) is 6.07 Å². The first-order valence-electron chi connectivity index (χ1n) is 4.31. The van der Waals surface area contributed by atoms with Crippen LogP contribution < -0.4 is 0 Å². The van der Waals surface area contributed by atoms with Gasteiger partial charge in [-0.05, 0) is 30.9 Å². The van der Waals surface area contributed by atoms with E-state index in [1.807, 2.05) is 12.1 Å². The molecule has 1 heterocycles. The Morgan fingerprint density at radius 2 is 2.50 bits per heavy atom. The lowest BCUT2D eigenvalue weighted by molar-refractivity contribution is -0.109. The van der Waals surface area contributed by atoms with Crippen LogP contribution in [0.15, 0.2) is 18.3 Å². The van der Waals surface area contributed by atoms with E-state index in [9.17, 15) is 4.79 Å². The van der Waals surface area contributed by atoms with Crippen LogP contribution in [0.3, 0.4) is 0 Å². The second kappa shape index (κ2) is 3.05. The van der Waals surface area contributed by atoms with Gasteiger partial charge in [-0.2, -0.15) is 0 Å². The number of carbonyl (C=O) groups is 1. The fraction of sp³-hybridized carbons (Fsp3) is 0.400. The summed E-state index contributed by atoms with van der Waals surface area (Å²) in [6.07, 6.45) is 5.95. The van der Waals surface area contributed by atoms with Crippen LogP contribution in [0, 0.1) is 0 Å². The van der Waals surface area contributed by atoms with Crippen molar-refractivity contribution in [2.75, 3.05) is 0 Å². The maximum absolute atomic E-state index is 10.7. The summed E-state index contributed by atoms with van der Waals surface area (Å²) < 4.78 is 0. The number of rotatable bonds is 1. The molecule has 12 heavy (non-hydrogen) atoms. The zero-order valence-electron chi connectivity index (χ0n) is 6.86. The zero-order valence-corrected chi connectivity index (χ0v) is 6.86. The summed E-state index contributed by atoms with van der Waals surface area (Å²) in [5.41, 5.74) is 2.25. The average molecular weight is 161 g/mol. The number of pyridine rings is 1. The molecule has 1 unspecified atom stereocenters. The van der Waals surface area contributed by atoms with Crippen molar-refractivity contribution in [3.05, 3.63) is 29.6 Å². The second-order valence-corrected chi connectivity index (χ2v) is 3.17. The van der Waals surface area contributed by atoms with Gasteiger partial charge in [0.2, 0.25) is 0 Å². The minimum absolute atomic E-state index is 0.0995. The van der Waals surface area contributed by atoms with Gasteiger partial charge in [0.25, 0.3) is 0 Å². The van der Waals surface area contributed by atoms with Gasteiger partial charge in [-0.15, -0.1) is 0 Å². The number of nitrogens with zero attached hydrogens (tertiary/aromatic N) is 1. The molecule has 0 saturated carbocycles. The molecule has 0 N–H and O–H groups in total. The molecule has 62 valence electrons. The van der Waals surface area contributed by atoms with E-state index in [-0.39, 0.29) is 5.92 Å². The maximum atomic E-state index is 10.7. The fourth-order valence-corrected chi connectivity index (χ4v) is 1.78. The first-order valence-corrected chi connectivity index (χ1v) is 4.31. The molecule has 1 atom stereocenters. The summed E-state index contributed by atoms with van der Waals surface area (Å²) in [5.74, 6) is 0.0995. The van der Waals surface area contributed by atoms with Crippen molar-refractivity contribution in [3.8, 4) is 0 Å². The van der Waals surface area contributed by atoms with Gasteiger partial charge in [0.15, 0.2) is 0 Å². The molecular formula is C10H11NO. The molecule has 0 aromatic carbocycles. The van der Waals surface area contributed by atoms with Crippen LogP contribution in [0.2, 0.25) is 0 Å². The Morgan fingerprint density at radius 3 is 3.33 bits per heavy atom. The Bertz CT molecular complexity index is 296. The lowest BCUT2D eigenvalue weighted by Gasteiger charge is -2.19. The molecule has 0 bridgehead atoms. The predicted octanol–water partition coefficient (Wildman–Crippen LogP) is 1.70. The molecule has 0 saturated heterocycles. The topological polar surface area (TPSA) is 30.0 Å². The molecule has 1 aliphatic rings. The molecule has 0 aliphatic heterocycles. The SMILES string of the molecule is O=CC1CCCc2ncccc21. The molecule has 0 radical (unpaired) electrons. The number of carbonyl (C=O) groups excluding carboxylic acids is 1. The van der Waals surface area contributed by atoms with Gasteiger partial charge in [-0.25, -0.2) is 0 Å². The molecule has 2 nitrogen and oxygen atoms in total. The molecular weight excluding hydrogens is 150 g/mol. The van der Waals surface area contributed by atoms with Crippen LogP contribution in [-0.4, -0.2) is 11.3 Å². The van der Waals surface area contributed by atoms with E-state index in [4.69, 9.17) is 0 Å². The van der Waals surface area contributed by atoms with E-state index >= 15 is 0 Å². The highest BCUT2D eigenvalue weighted by molar-refractivity contribution is 5.63. The standard InChI is InChI=1S/C10H11NO/c12-7-8-3-1-5-10-9(8)4-2-6-11-10/h2,4,6-8H,1,3,5H2. The smallest absolute Gasteiger partial charge is 0.127 e. The third-order valence-electron chi connectivity index (χ3n) is 2.42. The van der Waals surface area contributed by atoms with E-state index in [0.29, 0.717) is 0 Å². The third-order valence-corrected chi connectivity index (χ3v) is 2.42. The fourth-order valence-electron chi connectivity index (χ4n) is 1.78. The van der Waals surface area contributed by atoms with Crippen LogP contribution in [0.1, 0.15) is 30.0 Å². The van der Waals surface area contributed by atoms with Gasteiger partial charge >= 0.3 is 0 Å². The molecule has 1 aliphatic carbocycles. The van der Waals surface area contributed by atoms with E-state index in [1.54, 1.807) is 6.20 Å². The molecule has 2 heteroatoms. The van der Waals surface area contributed by atoms with Crippen LogP contribution in [0.25, 0.3) is 0 Å². The minimum atomic E-state index is 0.0995. The molecule has 1 aromatic heterocycles. The van der Waals surface area contributed by atoms with Crippen LogP contribution >= 0.6 is 0 Å². The minimum Gasteiger partial charge on any atom is -0.303 e. The Morgan fingerprint density at radius 1 is 1.58 bits per heavy atom. The molecule has 0 amide bonds. The number of hydrogen-bond donors (Lipinski definition) is 0. The highest BCUT2D eigenvalue weighted by Gasteiger charge is 2.19. The van der Waals surface area contributed by atoms with Gasteiger partial charge in [0, 0.05) is 17.8 Å². The van der Waals surface area contributed by atoms with E-state index in [0.717, 1.165) is 36.8 Å². The number of aldehydes is 1. The summed E-state index contributed by atoms with van der Waals surface area (Å²) in [6, 6.07) is 3.92. The van der Waals surface area contributed by atoms with Crippen molar-refractivity contribution in [3.63, 3.8) is 0 Å². The molecule has 0 spiro atoms. The highest BCUT2D eigenvalue weighted by Crippen LogP contribution is 2.27. The summed E-state index contributed by atoms with van der Waals surface area (Å²) in [6.45, 7) is 0. The van der Waals surface area contributed by atoms with Gasteiger partial charge in [0.05, 0.1) is 0 Å². The van der Waals surface area contributed by atoms with E-state index < -0.39 is 0 Å². The second-order valence-electron chi connectivity index (χ2n) is 3.17. The van der Waals surface area contributed by atoms with Crippen molar-refractivity contribution in [1.29, 1.82) is 0 Å². The zero-order chi connectivity index (χ0) is 8.39. The first kappa shape index (κ1) is 7.47. The summed E-state index contributed by atoms with van der Waals surface area (Å²) >= 11 is 0. The molecule has 2 rings (SSSR count). The number of hydrogen-bond acceptors (Lipinski definition) is 2. The Hall–Kier alpha value is -1.18. The summed E-state index contributed by atoms with van der Waals surface area (Å²) in [5, 5.41) is 0. The van der Waals surface area contributed by atoms with Crippen molar-refractivity contribution in [1.82, 2.24) is 4.98 Å². The summed E-state index contributed by atoms with van der Waals surface area (Å²) in [4.78, 5) is 15.0. The maximum Gasteiger partial charge on any atom is 0.127 e. The monoisotopic (exact) mass is 161 g/mol. The van der Waals surface area contributed by atoms with E-state index in [2.05, 4.69) is 4.98 Å². The molecule has 0 fully saturated rings. The van der Waals surface area contributed by atoms with E-state index in [1.165, 1.54) is 0 Å². The number of aryl methyl sites for hydroxylation is 1. The van der Waals surface area contributed by atoms with Crippen LogP contribution in [-0.2, 0) is 11.2 Å². The Labute approximate surface area is 71.6 Å². The predicted molar refractivity (Wildman–Crippen MR) is 46.0 cm³/mol. The van der Waals surface area contributed by atoms with Crippen molar-refractivity contribution < 1.29 is 4.79 Å². The number of aromatic nitrogens is 1. The van der Waals surface area contributed by atoms with Crippen molar-refractivity contribution in [2.45, 2.75) is 25.2 Å². The lowest BCUT2D eigenvalue weighted by atomic mass is 9.87. The molecule has 1 aromatic rings. The van der Waals surface area contributed by atoms with Gasteiger partial charge in [-0.3, -0.25) is 4.98 Å². The van der Waals surface area contributed by atoms with Crippen LogP contribution in [0.5, 0.6) is 0 Å². The van der Waals surface area contributed by atoms with Gasteiger partial charge in [0.1, 0.15) is 6.29 Å². The van der Waals surface area contributed by atoms with Gasteiger partial charge < -0.3 is 4.79 Å². The Kier molecular flexibility index (Phi) is 1.90. The quantitative estimate of drug-likeness (QED) is 0.587.